The summed E-state index contributed by atoms with van der Waals surface area (Å²) in [5, 5.41) is 13.3. The van der Waals surface area contributed by atoms with Crippen LogP contribution in [0.15, 0.2) is 18.2 Å². The first-order valence-electron chi connectivity index (χ1n) is 7.24. The largest absolute Gasteiger partial charge is 0.489 e. The van der Waals surface area contributed by atoms with Crippen LogP contribution in [0.5, 0.6) is 5.75 Å². The summed E-state index contributed by atoms with van der Waals surface area (Å²) in [5.41, 5.74) is 0. The molecule has 0 aromatic heterocycles. The minimum absolute atomic E-state index is 0.255. The van der Waals surface area contributed by atoms with Crippen molar-refractivity contribution in [3.05, 3.63) is 28.2 Å². The highest BCUT2D eigenvalue weighted by molar-refractivity contribution is 6.35. The highest BCUT2D eigenvalue weighted by Gasteiger charge is 2.18. The maximum atomic E-state index is 9.96. The van der Waals surface area contributed by atoms with E-state index in [-0.39, 0.29) is 6.61 Å². The molecule has 112 valence electrons. The molecule has 1 atom stereocenters. The molecule has 1 aliphatic rings. The Balaban J connectivity index is 1.70. The van der Waals surface area contributed by atoms with Gasteiger partial charge in [0.2, 0.25) is 0 Å². The number of rotatable bonds is 6. The highest BCUT2D eigenvalue weighted by atomic mass is 35.5. The average Bonchev–Trinajstić information content (AvgIpc) is 2.45. The van der Waals surface area contributed by atoms with Crippen molar-refractivity contribution in [3.8, 4) is 5.75 Å². The molecule has 0 saturated heterocycles. The minimum Gasteiger partial charge on any atom is -0.489 e. The van der Waals surface area contributed by atoms with Crippen molar-refractivity contribution in [2.45, 2.75) is 44.2 Å². The number of nitrogens with two attached hydrogens (primary N) is 1. The molecule has 0 radical (unpaired) electrons. The van der Waals surface area contributed by atoms with Crippen LogP contribution in [0, 0.1) is 0 Å². The number of halogens is 2. The summed E-state index contributed by atoms with van der Waals surface area (Å²) < 4.78 is 5.53. The molecule has 0 spiro atoms. The molecule has 0 heterocycles. The number of aliphatic hydroxyl groups is 1. The van der Waals surface area contributed by atoms with Gasteiger partial charge in [0.25, 0.3) is 0 Å². The van der Waals surface area contributed by atoms with Crippen LogP contribution >= 0.6 is 23.2 Å². The molecule has 0 bridgehead atoms. The molecule has 1 aliphatic carbocycles. The van der Waals surface area contributed by atoms with E-state index < -0.39 is 6.10 Å². The van der Waals surface area contributed by atoms with Crippen LogP contribution in [0.25, 0.3) is 0 Å². The van der Waals surface area contributed by atoms with E-state index in [4.69, 9.17) is 27.9 Å². The molecule has 1 aromatic carbocycles. The lowest BCUT2D eigenvalue weighted by Gasteiger charge is -2.21. The Bertz CT molecular complexity index is 422. The quantitative estimate of drug-likeness (QED) is 0.847. The molecule has 0 aliphatic heterocycles. The van der Waals surface area contributed by atoms with Crippen molar-refractivity contribution in [3.63, 3.8) is 0 Å². The molecule has 1 fully saturated rings. The number of aliphatic hydroxyl groups excluding tert-OH is 1. The Kier molecular flexibility index (Phi) is 6.43. The molecule has 1 saturated carbocycles. The lowest BCUT2D eigenvalue weighted by Crippen LogP contribution is -2.92. The van der Waals surface area contributed by atoms with E-state index in [2.05, 4.69) is 5.32 Å². The third kappa shape index (κ3) is 5.13. The molecule has 0 unspecified atom stereocenters. The third-order valence-corrected chi connectivity index (χ3v) is 4.25. The van der Waals surface area contributed by atoms with Gasteiger partial charge in [-0.1, -0.05) is 29.6 Å². The summed E-state index contributed by atoms with van der Waals surface area (Å²) in [7, 11) is 0. The van der Waals surface area contributed by atoms with E-state index in [1.807, 2.05) is 0 Å². The molecule has 20 heavy (non-hydrogen) atoms. The number of benzene rings is 1. The molecule has 2 rings (SSSR count). The van der Waals surface area contributed by atoms with Crippen LogP contribution in [0.2, 0.25) is 10.0 Å². The van der Waals surface area contributed by atoms with Crippen molar-refractivity contribution >= 4 is 23.2 Å². The second-order valence-corrected chi connectivity index (χ2v) is 6.25. The zero-order valence-electron chi connectivity index (χ0n) is 11.5. The third-order valence-electron chi connectivity index (χ3n) is 3.72. The van der Waals surface area contributed by atoms with Gasteiger partial charge >= 0.3 is 0 Å². The Morgan fingerprint density at radius 1 is 1.25 bits per heavy atom. The number of ether oxygens (including phenoxy) is 1. The molecule has 3 nitrogen and oxygen atoms in total. The fourth-order valence-electron chi connectivity index (χ4n) is 2.57. The van der Waals surface area contributed by atoms with Gasteiger partial charge in [0, 0.05) is 5.02 Å². The maximum Gasteiger partial charge on any atom is 0.138 e. The Hall–Kier alpha value is -0.480. The lowest BCUT2D eigenvalue weighted by atomic mass is 9.95. The van der Waals surface area contributed by atoms with Gasteiger partial charge in [-0.2, -0.15) is 0 Å². The van der Waals surface area contributed by atoms with Gasteiger partial charge in [0.05, 0.1) is 11.1 Å². The summed E-state index contributed by atoms with van der Waals surface area (Å²) in [6.45, 7) is 0.931. The lowest BCUT2D eigenvalue weighted by molar-refractivity contribution is -0.697. The van der Waals surface area contributed by atoms with Crippen LogP contribution in [0.4, 0.5) is 0 Å². The van der Waals surface area contributed by atoms with Crippen LogP contribution in [0.1, 0.15) is 32.1 Å². The van der Waals surface area contributed by atoms with Gasteiger partial charge in [-0.05, 0) is 43.9 Å². The van der Waals surface area contributed by atoms with E-state index in [9.17, 15) is 5.11 Å². The van der Waals surface area contributed by atoms with Gasteiger partial charge in [-0.3, -0.25) is 0 Å². The normalized spacial score (nSPS) is 17.9. The average molecular weight is 319 g/mol. The summed E-state index contributed by atoms with van der Waals surface area (Å²) in [5.74, 6) is 0.563. The summed E-state index contributed by atoms with van der Waals surface area (Å²) in [6, 6.07) is 5.75. The molecule has 3 N–H and O–H groups in total. The Labute approximate surface area is 130 Å². The Morgan fingerprint density at radius 2 is 2.00 bits per heavy atom. The van der Waals surface area contributed by atoms with Gasteiger partial charge in [-0.15, -0.1) is 0 Å². The monoisotopic (exact) mass is 318 g/mol. The van der Waals surface area contributed by atoms with E-state index in [0.29, 0.717) is 28.4 Å². The van der Waals surface area contributed by atoms with Crippen LogP contribution in [-0.2, 0) is 0 Å². The van der Waals surface area contributed by atoms with E-state index in [1.54, 1.807) is 18.2 Å². The van der Waals surface area contributed by atoms with Gasteiger partial charge < -0.3 is 15.2 Å². The molecule has 5 heteroatoms. The van der Waals surface area contributed by atoms with Gasteiger partial charge in [-0.25, -0.2) is 0 Å². The van der Waals surface area contributed by atoms with Crippen LogP contribution in [-0.4, -0.2) is 30.4 Å². The Morgan fingerprint density at radius 3 is 2.70 bits per heavy atom. The number of quaternary nitrogens is 1. The molecule has 0 amide bonds. The van der Waals surface area contributed by atoms with Crippen molar-refractivity contribution in [1.29, 1.82) is 0 Å². The highest BCUT2D eigenvalue weighted by Crippen LogP contribution is 2.27. The van der Waals surface area contributed by atoms with Crippen LogP contribution in [0.3, 0.4) is 0 Å². The summed E-state index contributed by atoms with van der Waals surface area (Å²) in [6.07, 6.45) is 6.02. The second kappa shape index (κ2) is 8.08. The van der Waals surface area contributed by atoms with Crippen LogP contribution < -0.4 is 10.1 Å². The second-order valence-electron chi connectivity index (χ2n) is 5.41. The summed E-state index contributed by atoms with van der Waals surface area (Å²) in [4.78, 5) is 0. The topological polar surface area (TPSA) is 46.1 Å². The SMILES string of the molecule is O[C@H](C[NH2+]C1CCCCC1)COc1ccc(Cl)cc1Cl. The minimum atomic E-state index is -0.483. The van der Waals surface area contributed by atoms with E-state index in [0.717, 1.165) is 0 Å². The van der Waals surface area contributed by atoms with Crippen molar-refractivity contribution in [2.75, 3.05) is 13.2 Å². The molecular weight excluding hydrogens is 297 g/mol. The zero-order chi connectivity index (χ0) is 14.4. The predicted molar refractivity (Wildman–Crippen MR) is 81.6 cm³/mol. The predicted octanol–water partition coefficient (Wildman–Crippen LogP) is 2.63. The molecular formula is C15H22Cl2NO2+. The summed E-state index contributed by atoms with van der Waals surface area (Å²) >= 11 is 11.8. The van der Waals surface area contributed by atoms with E-state index in [1.165, 1.54) is 32.1 Å². The van der Waals surface area contributed by atoms with Gasteiger partial charge in [0.1, 0.15) is 25.0 Å². The van der Waals surface area contributed by atoms with E-state index >= 15 is 0 Å². The standard InChI is InChI=1S/C15H21Cl2NO2/c16-11-6-7-15(14(17)8-11)20-10-13(19)9-18-12-4-2-1-3-5-12/h6-8,12-13,18-19H,1-5,9-10H2/p+1/t13-/m1/s1. The first-order chi connectivity index (χ1) is 9.65. The molecule has 1 aromatic rings. The first-order valence-corrected chi connectivity index (χ1v) is 8.00. The first kappa shape index (κ1) is 15.9. The fraction of sp³-hybridized carbons (Fsp3) is 0.600. The van der Waals surface area contributed by atoms with Gasteiger partial charge in [0.15, 0.2) is 0 Å². The van der Waals surface area contributed by atoms with Crippen molar-refractivity contribution in [1.82, 2.24) is 0 Å². The number of hydrogen-bond acceptors (Lipinski definition) is 2. The zero-order valence-corrected chi connectivity index (χ0v) is 13.0. The maximum absolute atomic E-state index is 9.96. The fourth-order valence-corrected chi connectivity index (χ4v) is 3.03. The number of hydrogen-bond donors (Lipinski definition) is 2. The van der Waals surface area contributed by atoms with Crippen molar-refractivity contribution < 1.29 is 15.2 Å². The van der Waals surface area contributed by atoms with Crippen molar-refractivity contribution in [2.24, 2.45) is 0 Å². The smallest absolute Gasteiger partial charge is 0.138 e.